The Hall–Kier alpha value is -0.620. The molecule has 0 aliphatic carbocycles. The zero-order valence-corrected chi connectivity index (χ0v) is 13.8. The molecule has 0 spiro atoms. The molecule has 0 fully saturated rings. The lowest BCUT2D eigenvalue weighted by Crippen LogP contribution is -2.26. The van der Waals surface area contributed by atoms with Crippen LogP contribution in [0.1, 0.15) is 19.4 Å². The topological polar surface area (TPSA) is 50.7 Å². The molecule has 1 unspecified atom stereocenters. The number of hydrogen-bond donors (Lipinski definition) is 2. The third kappa shape index (κ3) is 6.70. The average Bonchev–Trinajstić information content (AvgIpc) is 2.45. The monoisotopic (exact) mass is 345 g/mol. The Morgan fingerprint density at radius 2 is 2.00 bits per heavy atom. The Labute approximate surface area is 129 Å². The van der Waals surface area contributed by atoms with Gasteiger partial charge in [-0.2, -0.15) is 0 Å². The van der Waals surface area contributed by atoms with E-state index in [1.807, 2.05) is 19.1 Å². The van der Waals surface area contributed by atoms with Crippen LogP contribution >= 0.6 is 15.9 Å². The first-order valence-corrected chi connectivity index (χ1v) is 7.82. The second-order valence-corrected chi connectivity index (χ2v) is 5.38. The van der Waals surface area contributed by atoms with Crippen LogP contribution in [0.15, 0.2) is 22.7 Å². The maximum atomic E-state index is 9.85. The van der Waals surface area contributed by atoms with Gasteiger partial charge in [-0.3, -0.25) is 0 Å². The molecule has 1 aromatic carbocycles. The van der Waals surface area contributed by atoms with Gasteiger partial charge in [0.2, 0.25) is 0 Å². The van der Waals surface area contributed by atoms with Crippen molar-refractivity contribution in [1.82, 2.24) is 0 Å². The molecule has 114 valence electrons. The lowest BCUT2D eigenvalue weighted by molar-refractivity contribution is 0.0103. The summed E-state index contributed by atoms with van der Waals surface area (Å²) in [5.41, 5.74) is 2.29. The van der Waals surface area contributed by atoms with Crippen LogP contribution in [0.2, 0.25) is 0 Å². The van der Waals surface area contributed by atoms with Crippen LogP contribution in [0, 0.1) is 0 Å². The van der Waals surface area contributed by atoms with Crippen molar-refractivity contribution < 1.29 is 14.6 Å². The fraction of sp³-hybridized carbons (Fsp3) is 0.600. The number of benzene rings is 1. The van der Waals surface area contributed by atoms with E-state index in [1.54, 1.807) is 0 Å². The standard InChI is InChI=1S/C15H24BrNO3/c1-3-12-9-13(16)5-6-15(12)17-10-14(18)11-20-8-7-19-4-2/h5-6,9,14,17-18H,3-4,7-8,10-11H2,1-2H3. The quantitative estimate of drug-likeness (QED) is 0.640. The number of hydrogen-bond acceptors (Lipinski definition) is 4. The molecule has 0 radical (unpaired) electrons. The third-order valence-electron chi connectivity index (χ3n) is 2.86. The van der Waals surface area contributed by atoms with E-state index in [2.05, 4.69) is 34.2 Å². The number of anilines is 1. The summed E-state index contributed by atoms with van der Waals surface area (Å²) < 4.78 is 11.6. The van der Waals surface area contributed by atoms with Crippen LogP contribution in [0.5, 0.6) is 0 Å². The van der Waals surface area contributed by atoms with Crippen molar-refractivity contribution in [1.29, 1.82) is 0 Å². The van der Waals surface area contributed by atoms with E-state index in [1.165, 1.54) is 5.56 Å². The first-order valence-electron chi connectivity index (χ1n) is 7.03. The Bertz CT molecular complexity index is 387. The van der Waals surface area contributed by atoms with Crippen LogP contribution in [-0.2, 0) is 15.9 Å². The van der Waals surface area contributed by atoms with Gasteiger partial charge in [-0.05, 0) is 37.1 Å². The second kappa shape index (κ2) is 10.2. The van der Waals surface area contributed by atoms with Gasteiger partial charge in [-0.15, -0.1) is 0 Å². The SMILES string of the molecule is CCOCCOCC(O)CNc1ccc(Br)cc1CC. The molecular formula is C15H24BrNO3. The normalized spacial score (nSPS) is 12.4. The van der Waals surface area contributed by atoms with Gasteiger partial charge in [0.25, 0.3) is 0 Å². The number of ether oxygens (including phenoxy) is 2. The minimum atomic E-state index is -0.523. The average molecular weight is 346 g/mol. The van der Waals surface area contributed by atoms with Gasteiger partial charge in [0, 0.05) is 23.3 Å². The molecule has 1 aromatic rings. The van der Waals surface area contributed by atoms with Crippen molar-refractivity contribution in [2.45, 2.75) is 26.4 Å². The van der Waals surface area contributed by atoms with Crippen molar-refractivity contribution in [3.05, 3.63) is 28.2 Å². The molecule has 5 heteroatoms. The number of aliphatic hydroxyl groups is 1. The van der Waals surface area contributed by atoms with Crippen molar-refractivity contribution in [3.8, 4) is 0 Å². The molecule has 1 rings (SSSR count). The summed E-state index contributed by atoms with van der Waals surface area (Å²) in [7, 11) is 0. The van der Waals surface area contributed by atoms with E-state index in [4.69, 9.17) is 9.47 Å². The van der Waals surface area contributed by atoms with Gasteiger partial charge >= 0.3 is 0 Å². The number of aliphatic hydroxyl groups excluding tert-OH is 1. The summed E-state index contributed by atoms with van der Waals surface area (Å²) in [4.78, 5) is 0. The molecule has 4 nitrogen and oxygen atoms in total. The molecule has 0 heterocycles. The third-order valence-corrected chi connectivity index (χ3v) is 3.36. The van der Waals surface area contributed by atoms with Gasteiger partial charge in [-0.25, -0.2) is 0 Å². The van der Waals surface area contributed by atoms with Crippen LogP contribution in [0.4, 0.5) is 5.69 Å². The highest BCUT2D eigenvalue weighted by molar-refractivity contribution is 9.10. The number of aryl methyl sites for hydroxylation is 1. The number of halogens is 1. The van der Waals surface area contributed by atoms with E-state index in [9.17, 15) is 5.11 Å². The molecule has 0 aromatic heterocycles. The van der Waals surface area contributed by atoms with Gasteiger partial charge in [0.05, 0.1) is 25.9 Å². The maximum absolute atomic E-state index is 9.85. The zero-order chi connectivity index (χ0) is 14.8. The largest absolute Gasteiger partial charge is 0.389 e. The van der Waals surface area contributed by atoms with Gasteiger partial charge in [0.1, 0.15) is 0 Å². The molecule has 0 aliphatic rings. The molecular weight excluding hydrogens is 322 g/mol. The Morgan fingerprint density at radius 1 is 1.25 bits per heavy atom. The first kappa shape index (κ1) is 17.4. The minimum absolute atomic E-state index is 0.318. The highest BCUT2D eigenvalue weighted by atomic mass is 79.9. The van der Waals surface area contributed by atoms with Crippen LogP contribution in [0.3, 0.4) is 0 Å². The summed E-state index contributed by atoms with van der Waals surface area (Å²) in [5.74, 6) is 0. The number of nitrogens with one attached hydrogen (secondary N) is 1. The lowest BCUT2D eigenvalue weighted by atomic mass is 10.1. The smallest absolute Gasteiger partial charge is 0.0945 e. The van der Waals surface area contributed by atoms with Gasteiger partial charge < -0.3 is 19.9 Å². The van der Waals surface area contributed by atoms with Crippen LogP contribution < -0.4 is 5.32 Å². The fourth-order valence-corrected chi connectivity index (χ4v) is 2.20. The molecule has 0 aliphatic heterocycles. The molecule has 20 heavy (non-hydrogen) atoms. The second-order valence-electron chi connectivity index (χ2n) is 4.46. The summed E-state index contributed by atoms with van der Waals surface area (Å²) in [6.45, 7) is 6.63. The highest BCUT2D eigenvalue weighted by Crippen LogP contribution is 2.21. The van der Waals surface area contributed by atoms with Crippen LogP contribution in [-0.4, -0.2) is 44.2 Å². The van der Waals surface area contributed by atoms with Gasteiger partial charge in [0.15, 0.2) is 0 Å². The fourth-order valence-electron chi connectivity index (χ4n) is 1.80. The number of rotatable bonds is 10. The zero-order valence-electron chi connectivity index (χ0n) is 12.2. The summed E-state index contributed by atoms with van der Waals surface area (Å²) in [6.07, 6.45) is 0.424. The van der Waals surface area contributed by atoms with Gasteiger partial charge in [-0.1, -0.05) is 22.9 Å². The Morgan fingerprint density at radius 3 is 2.70 bits per heavy atom. The van der Waals surface area contributed by atoms with Crippen LogP contribution in [0.25, 0.3) is 0 Å². The van der Waals surface area contributed by atoms with Crippen molar-refractivity contribution in [3.63, 3.8) is 0 Å². The molecule has 0 saturated heterocycles. The molecule has 0 saturated carbocycles. The molecule has 0 bridgehead atoms. The van der Waals surface area contributed by atoms with E-state index in [0.717, 1.165) is 16.6 Å². The van der Waals surface area contributed by atoms with E-state index < -0.39 is 6.10 Å². The molecule has 1 atom stereocenters. The minimum Gasteiger partial charge on any atom is -0.389 e. The predicted molar refractivity (Wildman–Crippen MR) is 85.3 cm³/mol. The van der Waals surface area contributed by atoms with Crippen molar-refractivity contribution in [2.75, 3.05) is 38.3 Å². The maximum Gasteiger partial charge on any atom is 0.0945 e. The van der Waals surface area contributed by atoms with Crippen molar-refractivity contribution in [2.24, 2.45) is 0 Å². The highest BCUT2D eigenvalue weighted by Gasteiger charge is 2.06. The van der Waals surface area contributed by atoms with Crippen molar-refractivity contribution >= 4 is 21.6 Å². The van der Waals surface area contributed by atoms with E-state index in [0.29, 0.717) is 33.0 Å². The summed E-state index contributed by atoms with van der Waals surface area (Å²) in [5, 5.41) is 13.1. The molecule has 2 N–H and O–H groups in total. The Kier molecular flexibility index (Phi) is 8.85. The molecule has 0 amide bonds. The van der Waals surface area contributed by atoms with E-state index in [-0.39, 0.29) is 0 Å². The first-order chi connectivity index (χ1) is 9.67. The lowest BCUT2D eigenvalue weighted by Gasteiger charge is -2.15. The van der Waals surface area contributed by atoms with E-state index >= 15 is 0 Å². The Balaban J connectivity index is 2.28. The summed E-state index contributed by atoms with van der Waals surface area (Å²) >= 11 is 3.46. The predicted octanol–water partition coefficient (Wildman–Crippen LogP) is 2.84. The summed E-state index contributed by atoms with van der Waals surface area (Å²) in [6, 6.07) is 6.10.